The molecule has 0 saturated heterocycles. The van der Waals surface area contributed by atoms with Crippen molar-refractivity contribution in [3.63, 3.8) is 0 Å². The predicted molar refractivity (Wildman–Crippen MR) is 111 cm³/mol. The van der Waals surface area contributed by atoms with Gasteiger partial charge in [0, 0.05) is 0 Å². The third kappa shape index (κ3) is 3.57. The topological polar surface area (TPSA) is 3.88 Å². The van der Waals surface area contributed by atoms with E-state index in [1.165, 1.54) is 10.1 Å². The van der Waals surface area contributed by atoms with Crippen LogP contribution in [0, 0.1) is 13.8 Å². The molecule has 0 amide bonds. The molecule has 0 unspecified atom stereocenters. The van der Waals surface area contributed by atoms with Crippen LogP contribution in [0.15, 0.2) is 60.8 Å². The normalized spacial score (nSPS) is 13.9. The number of rotatable bonds is 3. The molecule has 0 atom stereocenters. The molecule has 3 aromatic rings. The van der Waals surface area contributed by atoms with Gasteiger partial charge in [0.2, 0.25) is 0 Å². The summed E-state index contributed by atoms with van der Waals surface area (Å²) in [6.07, 6.45) is 2.08. The summed E-state index contributed by atoms with van der Waals surface area (Å²) in [4.78, 5) is 0. The first-order chi connectivity index (χ1) is 13.0. The van der Waals surface area contributed by atoms with E-state index in [1.54, 1.807) is 0 Å². The molecule has 1 aromatic heterocycles. The van der Waals surface area contributed by atoms with E-state index in [2.05, 4.69) is 53.3 Å². The Morgan fingerprint density at radius 1 is 0.880 bits per heavy atom. The van der Waals surface area contributed by atoms with E-state index in [0.29, 0.717) is 5.56 Å². The van der Waals surface area contributed by atoms with Crippen molar-refractivity contribution in [1.82, 2.24) is 0 Å². The zero-order valence-corrected chi connectivity index (χ0v) is 17.8. The Balaban J connectivity index is 2.37. The summed E-state index contributed by atoms with van der Waals surface area (Å²) in [5.74, 6) is 7.18. The fourth-order valence-electron chi connectivity index (χ4n) is 3.37. The van der Waals surface area contributed by atoms with Crippen molar-refractivity contribution in [2.24, 2.45) is 7.05 Å². The second-order valence-electron chi connectivity index (χ2n) is 7.71. The van der Waals surface area contributed by atoms with Gasteiger partial charge in [-0.15, -0.1) is 0 Å². The van der Waals surface area contributed by atoms with E-state index in [1.807, 2.05) is 43.3 Å². The molecule has 0 radical (unpaired) electrons. The van der Waals surface area contributed by atoms with Crippen LogP contribution in [-0.4, -0.2) is 13.3 Å². The van der Waals surface area contributed by atoms with Crippen molar-refractivity contribution >= 4 is 17.7 Å². The molecule has 0 saturated carbocycles. The number of hydrogen-bond acceptors (Lipinski definition) is 0. The van der Waals surface area contributed by atoms with Gasteiger partial charge < -0.3 is 0 Å². The van der Waals surface area contributed by atoms with Gasteiger partial charge in [-0.2, -0.15) is 0 Å². The third-order valence-electron chi connectivity index (χ3n) is 4.69. The minimum atomic E-state index is -2.15. The van der Waals surface area contributed by atoms with E-state index in [0.717, 1.165) is 22.3 Å². The molecular formula is C23H28GeN+. The summed E-state index contributed by atoms with van der Waals surface area (Å²) in [6.45, 7) is -0.135. The Labute approximate surface area is 158 Å². The van der Waals surface area contributed by atoms with Gasteiger partial charge in [-0.1, -0.05) is 0 Å². The van der Waals surface area contributed by atoms with Crippen LogP contribution >= 0.6 is 0 Å². The molecule has 0 aliphatic heterocycles. The van der Waals surface area contributed by atoms with Gasteiger partial charge in [-0.3, -0.25) is 0 Å². The minimum absolute atomic E-state index is 0.414. The Morgan fingerprint density at radius 2 is 1.60 bits per heavy atom. The average Bonchev–Trinajstić information content (AvgIpc) is 2.61. The van der Waals surface area contributed by atoms with Crippen LogP contribution in [0.5, 0.6) is 0 Å². The van der Waals surface area contributed by atoms with Crippen molar-refractivity contribution in [3.8, 4) is 22.4 Å². The SMILES string of the molecule is [2H]C([2H])([2H])c1cc(C)c(-c2[c]([Ge]([CH3])([CH3])[CH3])ccc[n+]2C)cc1-c1ccccc1. The first-order valence-electron chi connectivity index (χ1n) is 10.2. The Morgan fingerprint density at radius 3 is 2.24 bits per heavy atom. The zero-order chi connectivity index (χ0) is 20.7. The molecule has 3 rings (SSSR count). The van der Waals surface area contributed by atoms with Crippen LogP contribution in [0.2, 0.25) is 17.3 Å². The molecule has 1 nitrogen and oxygen atoms in total. The zero-order valence-electron chi connectivity index (χ0n) is 18.7. The molecule has 25 heavy (non-hydrogen) atoms. The molecular weight excluding hydrogens is 363 g/mol. The molecule has 0 N–H and O–H groups in total. The second-order valence-corrected chi connectivity index (χ2v) is 18.3. The number of aromatic nitrogens is 1. The van der Waals surface area contributed by atoms with Crippen LogP contribution in [0.25, 0.3) is 22.4 Å². The van der Waals surface area contributed by atoms with E-state index in [9.17, 15) is 0 Å². The van der Waals surface area contributed by atoms with Crippen LogP contribution in [0.3, 0.4) is 0 Å². The maximum atomic E-state index is 8.06. The quantitative estimate of drug-likeness (QED) is 0.435. The van der Waals surface area contributed by atoms with Crippen molar-refractivity contribution in [2.75, 3.05) is 0 Å². The van der Waals surface area contributed by atoms with Crippen LogP contribution in [-0.2, 0) is 7.05 Å². The number of pyridine rings is 1. The van der Waals surface area contributed by atoms with Gasteiger partial charge in [0.25, 0.3) is 0 Å². The first-order valence-corrected chi connectivity index (χ1v) is 16.0. The fraction of sp³-hybridized carbons (Fsp3) is 0.261. The molecule has 2 aromatic carbocycles. The summed E-state index contributed by atoms with van der Waals surface area (Å²) < 4.78 is 27.8. The van der Waals surface area contributed by atoms with Crippen molar-refractivity contribution < 1.29 is 8.68 Å². The first kappa shape index (κ1) is 14.3. The van der Waals surface area contributed by atoms with E-state index >= 15 is 0 Å². The van der Waals surface area contributed by atoms with E-state index in [4.69, 9.17) is 4.11 Å². The molecule has 0 bridgehead atoms. The summed E-state index contributed by atoms with van der Waals surface area (Å²) in [7, 11) is 2.08. The van der Waals surface area contributed by atoms with Gasteiger partial charge in [-0.05, 0) is 0 Å². The fourth-order valence-corrected chi connectivity index (χ4v) is 6.77. The second kappa shape index (κ2) is 6.80. The summed E-state index contributed by atoms with van der Waals surface area (Å²) in [5.41, 5.74) is 5.47. The van der Waals surface area contributed by atoms with Gasteiger partial charge in [0.1, 0.15) is 0 Å². The van der Waals surface area contributed by atoms with Gasteiger partial charge in [0.05, 0.1) is 0 Å². The molecule has 1 heterocycles. The molecule has 0 aliphatic carbocycles. The van der Waals surface area contributed by atoms with Crippen LogP contribution in [0.1, 0.15) is 15.2 Å². The Kier molecular flexibility index (Phi) is 3.89. The summed E-state index contributed by atoms with van der Waals surface area (Å²) >= 11 is -2.14. The number of benzene rings is 2. The number of hydrogen-bond donors (Lipinski definition) is 0. The summed E-state index contributed by atoms with van der Waals surface area (Å²) in [5, 5.41) is 0. The third-order valence-corrected chi connectivity index (χ3v) is 8.93. The van der Waals surface area contributed by atoms with Gasteiger partial charge in [-0.25, -0.2) is 0 Å². The number of nitrogens with zero attached hydrogens (tertiary/aromatic N) is 1. The standard InChI is InChI=1S/C23H28GeN/c1-17-15-18(2)21(16-20(17)19-11-8-7-9-12-19)23-22(24(3,4)5)13-10-14-25(23)6/h7-16H,1-6H3/q+1/i1D3. The Hall–Kier alpha value is -1.87. The van der Waals surface area contributed by atoms with Crippen LogP contribution in [0.4, 0.5) is 0 Å². The van der Waals surface area contributed by atoms with E-state index < -0.39 is 20.1 Å². The molecule has 128 valence electrons. The van der Waals surface area contributed by atoms with Crippen molar-refractivity contribution in [1.29, 1.82) is 0 Å². The Bertz CT molecular complexity index is 1000. The van der Waals surface area contributed by atoms with Crippen molar-refractivity contribution in [2.45, 2.75) is 31.0 Å². The summed E-state index contributed by atoms with van der Waals surface area (Å²) in [6, 6.07) is 18.1. The average molecular weight is 394 g/mol. The van der Waals surface area contributed by atoms with Crippen LogP contribution < -0.4 is 8.96 Å². The van der Waals surface area contributed by atoms with Gasteiger partial charge in [0.15, 0.2) is 0 Å². The molecule has 2 heteroatoms. The van der Waals surface area contributed by atoms with Gasteiger partial charge >= 0.3 is 159 Å². The monoisotopic (exact) mass is 395 g/mol. The molecule has 0 fully saturated rings. The predicted octanol–water partition coefficient (Wildman–Crippen LogP) is 5.01. The van der Waals surface area contributed by atoms with Crippen molar-refractivity contribution in [3.05, 3.63) is 71.9 Å². The van der Waals surface area contributed by atoms with E-state index in [-0.39, 0.29) is 0 Å². The molecule has 0 aliphatic rings. The number of aryl methyl sites for hydroxylation is 3. The molecule has 0 spiro atoms. The maximum absolute atomic E-state index is 8.06.